The Morgan fingerprint density at radius 1 is 0.542 bits per heavy atom. The summed E-state index contributed by atoms with van der Waals surface area (Å²) in [5.74, 6) is -5.76. The normalized spacial score (nSPS) is 17.1. The monoisotopic (exact) mass is 986 g/mol. The summed E-state index contributed by atoms with van der Waals surface area (Å²) < 4.78 is 55.6. The molecule has 2 aliphatic rings. The zero-order valence-electron chi connectivity index (χ0n) is 39.2. The van der Waals surface area contributed by atoms with Gasteiger partial charge in [-0.2, -0.15) is 0 Å². The lowest BCUT2D eigenvalue weighted by Crippen LogP contribution is -2.44. The average molecular weight is 987 g/mol. The van der Waals surface area contributed by atoms with E-state index in [2.05, 4.69) is 25.9 Å². The number of ether oxygens (including phenoxy) is 5. The molecule has 0 bridgehead atoms. The smallest absolute Gasteiger partial charge is 0.338 e. The van der Waals surface area contributed by atoms with Crippen LogP contribution in [-0.2, 0) is 9.47 Å². The fraction of sp³-hybridized carbons (Fsp3) is 0.231. The number of hydrogen-bond acceptors (Lipinski definition) is 16. The highest BCUT2D eigenvalue weighted by Crippen LogP contribution is 2.32. The molecule has 2 aliphatic heterocycles. The summed E-state index contributed by atoms with van der Waals surface area (Å²) in [7, 11) is 5.76. The van der Waals surface area contributed by atoms with Crippen LogP contribution in [0, 0.1) is 11.6 Å². The first-order valence-corrected chi connectivity index (χ1v) is 22.2. The summed E-state index contributed by atoms with van der Waals surface area (Å²) >= 11 is 0. The van der Waals surface area contributed by atoms with Gasteiger partial charge in [0.15, 0.2) is 34.7 Å². The van der Waals surface area contributed by atoms with Gasteiger partial charge in [-0.15, -0.1) is 0 Å². The first-order valence-electron chi connectivity index (χ1n) is 22.2. The lowest BCUT2D eigenvalue weighted by molar-refractivity contribution is 0.0268. The van der Waals surface area contributed by atoms with Crippen molar-refractivity contribution in [3.8, 4) is 23.0 Å². The van der Waals surface area contributed by atoms with Crippen molar-refractivity contribution in [2.24, 2.45) is 0 Å². The van der Waals surface area contributed by atoms with Crippen LogP contribution in [0.2, 0.25) is 0 Å². The Hall–Kier alpha value is -8.62. The average Bonchev–Trinajstić information content (AvgIpc) is 3.99. The van der Waals surface area contributed by atoms with Gasteiger partial charge in [-0.1, -0.05) is 24.3 Å². The SMILES string of the molecule is COc1ccc(O)c(C(=O)c2ccc(C(=O)O[C@@H]3CNC[C@H]3NC(=O)c3ccncc3)cc2)c1F.COc1ccc(OC)c(C(=O)c2ccc(C(=O)O[C@@H]3CN(C)C[C@H]3NC(=O)c3ccncc3)cc2)c1F. The molecule has 372 valence electrons. The maximum atomic E-state index is 14.8. The van der Waals surface area contributed by atoms with Crippen LogP contribution < -0.4 is 30.2 Å². The number of pyridine rings is 2. The third-order valence-electron chi connectivity index (χ3n) is 11.7. The van der Waals surface area contributed by atoms with Crippen LogP contribution in [0.1, 0.15) is 73.3 Å². The molecule has 0 aliphatic carbocycles. The Labute approximate surface area is 411 Å². The number of benzene rings is 4. The van der Waals surface area contributed by atoms with Crippen molar-refractivity contribution < 1.29 is 66.3 Å². The van der Waals surface area contributed by atoms with E-state index in [1.165, 1.54) is 119 Å². The molecule has 18 nitrogen and oxygen atoms in total. The van der Waals surface area contributed by atoms with Crippen molar-refractivity contribution >= 4 is 35.3 Å². The Bertz CT molecular complexity index is 2950. The van der Waals surface area contributed by atoms with E-state index < -0.39 is 70.7 Å². The molecule has 2 amide bonds. The zero-order chi connectivity index (χ0) is 51.5. The minimum atomic E-state index is -0.977. The number of esters is 2. The number of hydrogen-bond donors (Lipinski definition) is 4. The highest BCUT2D eigenvalue weighted by Gasteiger charge is 2.36. The van der Waals surface area contributed by atoms with Gasteiger partial charge in [-0.3, -0.25) is 29.1 Å². The van der Waals surface area contributed by atoms with E-state index in [-0.39, 0.29) is 56.9 Å². The predicted molar refractivity (Wildman–Crippen MR) is 254 cm³/mol. The van der Waals surface area contributed by atoms with Crippen molar-refractivity contribution in [3.05, 3.63) is 178 Å². The molecule has 2 fully saturated rings. The number of nitrogens with zero attached hydrogens (tertiary/aromatic N) is 3. The van der Waals surface area contributed by atoms with Gasteiger partial charge in [0.2, 0.25) is 0 Å². The maximum absolute atomic E-state index is 14.8. The molecule has 20 heteroatoms. The number of nitrogens with one attached hydrogen (secondary N) is 3. The molecule has 4 N–H and O–H groups in total. The summed E-state index contributed by atoms with van der Waals surface area (Å²) in [4.78, 5) is 86.0. The molecule has 2 aromatic heterocycles. The molecule has 4 heterocycles. The molecule has 4 atom stereocenters. The largest absolute Gasteiger partial charge is 0.507 e. The predicted octanol–water partition coefficient (Wildman–Crippen LogP) is 4.83. The molecular formula is C52H48F2N6O12. The highest BCUT2D eigenvalue weighted by molar-refractivity contribution is 6.12. The van der Waals surface area contributed by atoms with Crippen LogP contribution in [0.25, 0.3) is 0 Å². The lowest BCUT2D eigenvalue weighted by atomic mass is 10.00. The van der Waals surface area contributed by atoms with Gasteiger partial charge in [0, 0.05) is 73.2 Å². The third-order valence-corrected chi connectivity index (χ3v) is 11.7. The minimum Gasteiger partial charge on any atom is -0.507 e. The highest BCUT2D eigenvalue weighted by atomic mass is 19.1. The van der Waals surface area contributed by atoms with Crippen molar-refractivity contribution in [2.75, 3.05) is 54.6 Å². The van der Waals surface area contributed by atoms with Gasteiger partial charge in [0.1, 0.15) is 34.8 Å². The number of likely N-dealkylation sites (tertiary alicyclic amines) is 1. The number of aromatic nitrogens is 2. The van der Waals surface area contributed by atoms with Gasteiger partial charge < -0.3 is 49.6 Å². The van der Waals surface area contributed by atoms with Crippen LogP contribution in [-0.4, -0.2) is 134 Å². The molecule has 0 saturated carbocycles. The van der Waals surface area contributed by atoms with E-state index in [1.807, 2.05) is 11.9 Å². The second kappa shape index (κ2) is 23.3. The molecule has 72 heavy (non-hydrogen) atoms. The Balaban J connectivity index is 0.000000212. The van der Waals surface area contributed by atoms with Crippen LogP contribution in [0.4, 0.5) is 8.78 Å². The van der Waals surface area contributed by atoms with E-state index in [0.717, 1.165) is 0 Å². The van der Waals surface area contributed by atoms with Crippen LogP contribution in [0.3, 0.4) is 0 Å². The summed E-state index contributed by atoms with van der Waals surface area (Å²) in [6.07, 6.45) is 4.91. The fourth-order valence-corrected chi connectivity index (χ4v) is 7.87. The Morgan fingerprint density at radius 2 is 0.972 bits per heavy atom. The molecule has 0 unspecified atom stereocenters. The summed E-state index contributed by atoms with van der Waals surface area (Å²) in [6, 6.07) is 21.9. The van der Waals surface area contributed by atoms with Gasteiger partial charge in [0.25, 0.3) is 11.8 Å². The number of halogens is 2. The van der Waals surface area contributed by atoms with Crippen molar-refractivity contribution in [2.45, 2.75) is 24.3 Å². The first kappa shape index (κ1) is 51.2. The first-order chi connectivity index (χ1) is 34.7. The maximum Gasteiger partial charge on any atom is 0.338 e. The van der Waals surface area contributed by atoms with E-state index in [9.17, 15) is 42.7 Å². The standard InChI is InChI=1S/C27H26FN3O6.C25H22FN3O6/c1-31-14-19(30-26(33)17-10-12-29-13-11-17)22(15-31)37-27(34)18-6-4-16(5-7-18)25(32)23-20(35-2)8-9-21(36-3)24(23)28;1-34-19-7-6-18(30)21(22(19)26)23(31)14-2-4-16(5-3-14)25(33)35-20-13-28-12-17(20)29-24(32)15-8-10-27-11-9-15/h4-13,19,22H,14-15H2,1-3H3,(H,30,33);2-11,17,20,28,30H,12-13H2,1H3,(H,29,32)/t19-,22-;17-,20-/m11/s1. The van der Waals surface area contributed by atoms with E-state index >= 15 is 0 Å². The van der Waals surface area contributed by atoms with Crippen molar-refractivity contribution in [3.63, 3.8) is 0 Å². The molecule has 2 saturated heterocycles. The summed E-state index contributed by atoms with van der Waals surface area (Å²) in [5, 5.41) is 18.8. The van der Waals surface area contributed by atoms with Crippen molar-refractivity contribution in [1.29, 1.82) is 0 Å². The number of carbonyl (C=O) groups excluding carboxylic acids is 6. The van der Waals surface area contributed by atoms with Gasteiger partial charge in [-0.25, -0.2) is 18.4 Å². The molecule has 0 radical (unpaired) electrons. The second-order valence-corrected chi connectivity index (χ2v) is 16.3. The summed E-state index contributed by atoms with van der Waals surface area (Å²) in [5.41, 5.74) is 0.712. The van der Waals surface area contributed by atoms with Crippen LogP contribution >= 0.6 is 0 Å². The lowest BCUT2D eigenvalue weighted by Gasteiger charge is -2.20. The number of rotatable bonds is 15. The number of aromatic hydroxyl groups is 1. The number of methoxy groups -OCH3 is 3. The third kappa shape index (κ3) is 11.9. The number of amides is 2. The number of phenolic OH excluding ortho intramolecular Hbond substituents is 1. The van der Waals surface area contributed by atoms with E-state index in [4.69, 9.17) is 23.7 Å². The molecular weight excluding hydrogens is 939 g/mol. The Kier molecular flexibility index (Phi) is 16.6. The van der Waals surface area contributed by atoms with Gasteiger partial charge >= 0.3 is 11.9 Å². The van der Waals surface area contributed by atoms with E-state index in [1.54, 1.807) is 24.3 Å². The quantitative estimate of drug-likeness (QED) is 0.0797. The number of likely N-dealkylation sites (N-methyl/N-ethyl adjacent to an activating group) is 1. The van der Waals surface area contributed by atoms with Gasteiger partial charge in [0.05, 0.1) is 44.5 Å². The summed E-state index contributed by atoms with van der Waals surface area (Å²) in [6.45, 7) is 1.74. The van der Waals surface area contributed by atoms with E-state index in [0.29, 0.717) is 37.3 Å². The van der Waals surface area contributed by atoms with Gasteiger partial charge in [-0.05, 0) is 79.8 Å². The number of carbonyl (C=O) groups is 6. The topological polar surface area (TPSA) is 234 Å². The number of ketones is 2. The zero-order valence-corrected chi connectivity index (χ0v) is 39.2. The number of phenols is 1. The second-order valence-electron chi connectivity index (χ2n) is 16.3. The van der Waals surface area contributed by atoms with Crippen molar-refractivity contribution in [1.82, 2.24) is 30.8 Å². The van der Waals surface area contributed by atoms with Crippen LogP contribution in [0.15, 0.2) is 122 Å². The molecule has 0 spiro atoms. The minimum absolute atomic E-state index is 0.0639. The molecule has 4 aromatic carbocycles. The Morgan fingerprint density at radius 3 is 1.49 bits per heavy atom. The fourth-order valence-electron chi connectivity index (χ4n) is 7.87. The molecule has 6 aromatic rings. The van der Waals surface area contributed by atoms with Crippen LogP contribution in [0.5, 0.6) is 23.0 Å². The molecule has 8 rings (SSSR count).